The van der Waals surface area contributed by atoms with Crippen LogP contribution < -0.4 is 0 Å². The molecule has 0 aliphatic carbocycles. The zero-order chi connectivity index (χ0) is 3.58. The van der Waals surface area contributed by atoms with E-state index in [4.69, 9.17) is 33.2 Å². The normalized spacial score (nSPS) is 9.00. The first-order chi connectivity index (χ1) is 1.73. The van der Waals surface area contributed by atoms with E-state index in [9.17, 15) is 0 Å². The summed E-state index contributed by atoms with van der Waals surface area (Å²) in [5, 5.41) is 0. The molecular formula is H2Cl3Si. The highest BCUT2D eigenvalue weighted by Gasteiger charge is 1.85. The van der Waals surface area contributed by atoms with Crippen LogP contribution in [0.3, 0.4) is 0 Å². The topological polar surface area (TPSA) is 0 Å². The predicted octanol–water partition coefficient (Wildman–Crippen LogP) is 1.53. The standard InChI is InChI=1S/Cl3HSi.H/c1-4(2)3;/h4H;. The van der Waals surface area contributed by atoms with Crippen LogP contribution in [0.1, 0.15) is 1.43 Å². The molecule has 0 aliphatic heterocycles. The second-order valence-corrected chi connectivity index (χ2v) is 6.68. The minimum atomic E-state index is -1.72. The highest BCUT2D eigenvalue weighted by atomic mass is 35.8. The van der Waals surface area contributed by atoms with Crippen LogP contribution in [-0.4, -0.2) is 6.73 Å². The average Bonchev–Trinajstić information content (AvgIpc) is 0.811. The van der Waals surface area contributed by atoms with Crippen LogP contribution in [0.2, 0.25) is 0 Å². The molecule has 1 radical (unpaired) electrons. The van der Waals surface area contributed by atoms with Gasteiger partial charge in [-0.05, 0) is 0 Å². The molecule has 0 aliphatic rings. The molecule has 0 saturated carbocycles. The van der Waals surface area contributed by atoms with Crippen LogP contribution in [-0.2, 0) is 0 Å². The van der Waals surface area contributed by atoms with Gasteiger partial charge in [0, 0.05) is 1.43 Å². The van der Waals surface area contributed by atoms with Gasteiger partial charge < -0.3 is 0 Å². The first-order valence-electron chi connectivity index (χ1n) is 0.655. The molecule has 0 rings (SSSR count). The van der Waals surface area contributed by atoms with Crippen molar-refractivity contribution in [1.82, 2.24) is 0 Å². The van der Waals surface area contributed by atoms with E-state index < -0.39 is 6.73 Å². The zero-order valence-corrected chi connectivity index (χ0v) is 5.13. The summed E-state index contributed by atoms with van der Waals surface area (Å²) >= 11 is 14.8. The quantitative estimate of drug-likeness (QED) is 0.350. The summed E-state index contributed by atoms with van der Waals surface area (Å²) in [4.78, 5) is 0. The van der Waals surface area contributed by atoms with E-state index >= 15 is 0 Å². The second kappa shape index (κ2) is 2.33. The Kier molecular flexibility index (Phi) is 2.97. The number of hydrogen-bond donors (Lipinski definition) is 0. The predicted molar refractivity (Wildman–Crippen MR) is 25.8 cm³/mol. The minimum Gasteiger partial charge on any atom is -0.130 e. The summed E-state index contributed by atoms with van der Waals surface area (Å²) in [5.41, 5.74) is 0. The van der Waals surface area contributed by atoms with Crippen LogP contribution in [0.25, 0.3) is 0 Å². The maximum atomic E-state index is 4.94. The molecule has 0 aromatic carbocycles. The smallest absolute Gasteiger partial charge is 0.130 e. The van der Waals surface area contributed by atoms with Crippen molar-refractivity contribution in [1.29, 1.82) is 0 Å². The van der Waals surface area contributed by atoms with Crippen molar-refractivity contribution in [3.05, 3.63) is 0 Å². The Labute approximate surface area is 41.9 Å². The van der Waals surface area contributed by atoms with Gasteiger partial charge in [0.1, 0.15) is 0 Å². The van der Waals surface area contributed by atoms with E-state index in [1.165, 1.54) is 0 Å². The summed E-state index contributed by atoms with van der Waals surface area (Å²) in [6.45, 7) is -1.72. The Balaban J connectivity index is 0. The van der Waals surface area contributed by atoms with Gasteiger partial charge in [-0.1, -0.05) is 0 Å². The molecule has 0 heterocycles. The van der Waals surface area contributed by atoms with Gasteiger partial charge in [0.2, 0.25) is 0 Å². The number of hydrogen-bond acceptors (Lipinski definition) is 0. The van der Waals surface area contributed by atoms with Gasteiger partial charge in [-0.2, -0.15) is 0 Å². The lowest BCUT2D eigenvalue weighted by atomic mass is 27.7. The first-order valence-corrected chi connectivity index (χ1v) is 5.89. The van der Waals surface area contributed by atoms with Crippen molar-refractivity contribution in [2.45, 2.75) is 0 Å². The second-order valence-electron chi connectivity index (χ2n) is 0.247. The molecule has 0 aromatic rings. The zero-order valence-electron chi connectivity index (χ0n) is 2.71. The van der Waals surface area contributed by atoms with Gasteiger partial charge in [-0.15, -0.1) is 33.2 Å². The lowest BCUT2D eigenvalue weighted by Crippen LogP contribution is -1.66. The van der Waals surface area contributed by atoms with E-state index in [1.807, 2.05) is 0 Å². The summed E-state index contributed by atoms with van der Waals surface area (Å²) in [5.74, 6) is 0. The molecule has 0 saturated heterocycles. The van der Waals surface area contributed by atoms with Crippen LogP contribution in [0.4, 0.5) is 0 Å². The molecular weight excluding hydrogens is 134 g/mol. The van der Waals surface area contributed by atoms with E-state index in [1.54, 1.807) is 0 Å². The molecule has 0 N–H and O–H groups in total. The van der Waals surface area contributed by atoms with Crippen molar-refractivity contribution in [2.75, 3.05) is 0 Å². The van der Waals surface area contributed by atoms with Gasteiger partial charge in [0.05, 0.1) is 0 Å². The molecule has 0 amide bonds. The molecule has 0 nitrogen and oxygen atoms in total. The number of rotatable bonds is 0. The monoisotopic (exact) mass is 135 g/mol. The third kappa shape index (κ3) is 11.4. The van der Waals surface area contributed by atoms with Crippen LogP contribution in [0.5, 0.6) is 0 Å². The molecule has 0 unspecified atom stereocenters. The van der Waals surface area contributed by atoms with Gasteiger partial charge in [-0.3, -0.25) is 0 Å². The van der Waals surface area contributed by atoms with Gasteiger partial charge in [0.15, 0.2) is 0 Å². The lowest BCUT2D eigenvalue weighted by molar-refractivity contribution is 4.07. The van der Waals surface area contributed by atoms with Crippen LogP contribution in [0, 0.1) is 0 Å². The fourth-order valence-electron chi connectivity index (χ4n) is 0. The SMILES string of the molecule is Cl[SiH](Cl)Cl.[H]. The third-order valence-corrected chi connectivity index (χ3v) is 0. The van der Waals surface area contributed by atoms with Crippen molar-refractivity contribution in [3.8, 4) is 0 Å². The summed E-state index contributed by atoms with van der Waals surface area (Å²) in [6.07, 6.45) is 0. The molecule has 0 atom stereocenters. The molecule has 0 bridgehead atoms. The first kappa shape index (κ1) is 5.09. The molecule has 4 heteroatoms. The Morgan fingerprint density at radius 2 is 1.25 bits per heavy atom. The van der Waals surface area contributed by atoms with E-state index in [0.29, 0.717) is 0 Å². The van der Waals surface area contributed by atoms with Crippen molar-refractivity contribution < 1.29 is 1.43 Å². The summed E-state index contributed by atoms with van der Waals surface area (Å²) in [6, 6.07) is 0. The van der Waals surface area contributed by atoms with Crippen molar-refractivity contribution in [2.24, 2.45) is 0 Å². The Hall–Kier alpha value is 1.09. The van der Waals surface area contributed by atoms with Gasteiger partial charge in [0.25, 0.3) is 0 Å². The molecule has 27 valence electrons. The van der Waals surface area contributed by atoms with Crippen LogP contribution >= 0.6 is 33.2 Å². The lowest BCUT2D eigenvalue weighted by Gasteiger charge is -1.65. The Bertz CT molecular complexity index is 11.6. The van der Waals surface area contributed by atoms with Gasteiger partial charge >= 0.3 is 6.73 Å². The third-order valence-electron chi connectivity index (χ3n) is 0. The average molecular weight is 136 g/mol. The highest BCUT2D eigenvalue weighted by molar-refractivity contribution is 7.54. The molecule has 0 aromatic heterocycles. The largest absolute Gasteiger partial charge is 0.326 e. The fourth-order valence-corrected chi connectivity index (χ4v) is 0. The maximum absolute atomic E-state index is 4.94. The highest BCUT2D eigenvalue weighted by Crippen LogP contribution is 1.97. The van der Waals surface area contributed by atoms with Crippen molar-refractivity contribution in [3.63, 3.8) is 0 Å². The van der Waals surface area contributed by atoms with E-state index in [2.05, 4.69) is 0 Å². The van der Waals surface area contributed by atoms with E-state index in [-0.39, 0.29) is 1.43 Å². The molecule has 0 spiro atoms. The van der Waals surface area contributed by atoms with Crippen LogP contribution in [0.15, 0.2) is 0 Å². The van der Waals surface area contributed by atoms with Crippen molar-refractivity contribution >= 4 is 40.0 Å². The fraction of sp³-hybridized carbons (Fsp3) is 0. The van der Waals surface area contributed by atoms with Gasteiger partial charge in [-0.25, -0.2) is 0 Å². The Morgan fingerprint density at radius 3 is 1.25 bits per heavy atom. The Morgan fingerprint density at radius 1 is 1.25 bits per heavy atom. The van der Waals surface area contributed by atoms with E-state index in [0.717, 1.165) is 0 Å². The minimum absolute atomic E-state index is 0. The maximum Gasteiger partial charge on any atom is 0.326 e. The summed E-state index contributed by atoms with van der Waals surface area (Å²) < 4.78 is 0. The number of halogens is 3. The molecule has 4 heavy (non-hydrogen) atoms. The summed E-state index contributed by atoms with van der Waals surface area (Å²) in [7, 11) is 0. The molecule has 0 fully saturated rings.